The van der Waals surface area contributed by atoms with Crippen molar-refractivity contribution in [2.75, 3.05) is 19.6 Å². The fourth-order valence-electron chi connectivity index (χ4n) is 2.62. The molecule has 0 saturated heterocycles. The summed E-state index contributed by atoms with van der Waals surface area (Å²) in [6.45, 7) is 9.81. The Kier molecular flexibility index (Phi) is 4.83. The molecule has 0 amide bonds. The second kappa shape index (κ2) is 6.40. The Bertz CT molecular complexity index is 531. The third kappa shape index (κ3) is 2.93. The van der Waals surface area contributed by atoms with Crippen LogP contribution in [-0.4, -0.2) is 34.1 Å². The van der Waals surface area contributed by atoms with Crippen molar-refractivity contribution in [3.05, 3.63) is 30.1 Å². The summed E-state index contributed by atoms with van der Waals surface area (Å²) in [6, 6.07) is 8.62. The average Bonchev–Trinajstić information content (AvgIpc) is 2.83. The Labute approximate surface area is 120 Å². The lowest BCUT2D eigenvalue weighted by molar-refractivity contribution is 0.262. The van der Waals surface area contributed by atoms with E-state index in [2.05, 4.69) is 47.4 Å². The lowest BCUT2D eigenvalue weighted by Crippen LogP contribution is -2.30. The normalized spacial score (nSPS) is 13.3. The van der Waals surface area contributed by atoms with E-state index in [1.165, 1.54) is 5.52 Å². The maximum Gasteiger partial charge on any atom is 0.125 e. The SMILES string of the molecule is CCN(CC)CC(C)n1c(CCl)nc2ccccc21. The molecule has 104 valence electrons. The molecule has 0 radical (unpaired) electrons. The third-order valence-electron chi connectivity index (χ3n) is 3.65. The number of hydrogen-bond donors (Lipinski definition) is 0. The van der Waals surface area contributed by atoms with Crippen molar-refractivity contribution in [2.24, 2.45) is 0 Å². The van der Waals surface area contributed by atoms with E-state index in [1.54, 1.807) is 0 Å². The molecule has 2 rings (SSSR count). The summed E-state index contributed by atoms with van der Waals surface area (Å²) in [5.74, 6) is 1.42. The summed E-state index contributed by atoms with van der Waals surface area (Å²) >= 11 is 6.05. The van der Waals surface area contributed by atoms with Crippen LogP contribution in [0.5, 0.6) is 0 Å². The molecule has 1 aromatic carbocycles. The van der Waals surface area contributed by atoms with E-state index in [0.717, 1.165) is 31.0 Å². The number of rotatable bonds is 6. The Balaban J connectivity index is 2.36. The number of likely N-dealkylation sites (N-methyl/N-ethyl adjacent to an activating group) is 1. The molecule has 0 fully saturated rings. The molecule has 0 saturated carbocycles. The quantitative estimate of drug-likeness (QED) is 0.752. The van der Waals surface area contributed by atoms with Crippen LogP contribution in [0.4, 0.5) is 0 Å². The molecule has 0 aliphatic heterocycles. The van der Waals surface area contributed by atoms with Gasteiger partial charge >= 0.3 is 0 Å². The minimum atomic E-state index is 0.376. The van der Waals surface area contributed by atoms with Gasteiger partial charge in [0.1, 0.15) is 5.82 Å². The Morgan fingerprint density at radius 2 is 1.95 bits per heavy atom. The van der Waals surface area contributed by atoms with Crippen molar-refractivity contribution in [3.63, 3.8) is 0 Å². The Morgan fingerprint density at radius 3 is 2.58 bits per heavy atom. The van der Waals surface area contributed by atoms with Gasteiger partial charge in [-0.1, -0.05) is 26.0 Å². The summed E-state index contributed by atoms with van der Waals surface area (Å²) in [6.07, 6.45) is 0. The fraction of sp³-hybridized carbons (Fsp3) is 0.533. The van der Waals surface area contributed by atoms with E-state index in [4.69, 9.17) is 11.6 Å². The zero-order valence-electron chi connectivity index (χ0n) is 11.9. The molecule has 2 aromatic rings. The number of imidazole rings is 1. The summed E-state index contributed by atoms with van der Waals surface area (Å²) < 4.78 is 2.28. The van der Waals surface area contributed by atoms with Gasteiger partial charge in [-0.3, -0.25) is 0 Å². The van der Waals surface area contributed by atoms with E-state index >= 15 is 0 Å². The third-order valence-corrected chi connectivity index (χ3v) is 3.89. The number of alkyl halides is 1. The Morgan fingerprint density at radius 1 is 1.26 bits per heavy atom. The summed E-state index contributed by atoms with van der Waals surface area (Å²) in [5.41, 5.74) is 2.21. The van der Waals surface area contributed by atoms with E-state index in [1.807, 2.05) is 12.1 Å². The van der Waals surface area contributed by atoms with Crippen LogP contribution in [-0.2, 0) is 5.88 Å². The minimum absolute atomic E-state index is 0.376. The van der Waals surface area contributed by atoms with Crippen LogP contribution >= 0.6 is 11.6 Å². The molecule has 4 heteroatoms. The number of fused-ring (bicyclic) bond motifs is 1. The van der Waals surface area contributed by atoms with Crippen LogP contribution in [0, 0.1) is 0 Å². The molecule has 1 heterocycles. The van der Waals surface area contributed by atoms with E-state index < -0.39 is 0 Å². The first-order valence-corrected chi connectivity index (χ1v) is 7.48. The topological polar surface area (TPSA) is 21.1 Å². The zero-order valence-corrected chi connectivity index (χ0v) is 12.7. The van der Waals surface area contributed by atoms with Gasteiger partial charge in [0.25, 0.3) is 0 Å². The van der Waals surface area contributed by atoms with Crippen molar-refractivity contribution < 1.29 is 0 Å². The van der Waals surface area contributed by atoms with Crippen LogP contribution < -0.4 is 0 Å². The molecular weight excluding hydrogens is 258 g/mol. The predicted molar refractivity (Wildman–Crippen MR) is 81.8 cm³/mol. The lowest BCUT2D eigenvalue weighted by Gasteiger charge is -2.25. The summed E-state index contributed by atoms with van der Waals surface area (Å²) in [5, 5.41) is 0. The molecular formula is C15H22ClN3. The lowest BCUT2D eigenvalue weighted by atomic mass is 10.2. The van der Waals surface area contributed by atoms with Crippen molar-refractivity contribution in [1.82, 2.24) is 14.5 Å². The second-order valence-corrected chi connectivity index (χ2v) is 5.12. The Hall–Kier alpha value is -1.06. The van der Waals surface area contributed by atoms with Crippen LogP contribution in [0.1, 0.15) is 32.6 Å². The van der Waals surface area contributed by atoms with E-state index in [9.17, 15) is 0 Å². The monoisotopic (exact) mass is 279 g/mol. The number of aromatic nitrogens is 2. The zero-order chi connectivity index (χ0) is 13.8. The van der Waals surface area contributed by atoms with Crippen LogP contribution in [0.2, 0.25) is 0 Å². The van der Waals surface area contributed by atoms with E-state index in [-0.39, 0.29) is 0 Å². The molecule has 3 nitrogen and oxygen atoms in total. The molecule has 19 heavy (non-hydrogen) atoms. The molecule has 0 N–H and O–H groups in total. The summed E-state index contributed by atoms with van der Waals surface area (Å²) in [7, 11) is 0. The van der Waals surface area contributed by atoms with Gasteiger partial charge < -0.3 is 9.47 Å². The van der Waals surface area contributed by atoms with Gasteiger partial charge in [-0.15, -0.1) is 11.6 Å². The molecule has 1 unspecified atom stereocenters. The van der Waals surface area contributed by atoms with Crippen molar-refractivity contribution in [1.29, 1.82) is 0 Å². The van der Waals surface area contributed by atoms with Crippen molar-refractivity contribution in [3.8, 4) is 0 Å². The van der Waals surface area contributed by atoms with Gasteiger partial charge in [-0.05, 0) is 32.1 Å². The number of hydrogen-bond acceptors (Lipinski definition) is 2. The fourth-order valence-corrected chi connectivity index (χ4v) is 2.81. The molecule has 1 aromatic heterocycles. The number of benzene rings is 1. The highest BCUT2D eigenvalue weighted by molar-refractivity contribution is 6.16. The van der Waals surface area contributed by atoms with Gasteiger partial charge in [0, 0.05) is 12.6 Å². The first kappa shape index (κ1) is 14.4. The maximum atomic E-state index is 6.05. The number of nitrogens with zero attached hydrogens (tertiary/aromatic N) is 3. The molecule has 0 aliphatic rings. The minimum Gasteiger partial charge on any atom is -0.323 e. The highest BCUT2D eigenvalue weighted by Gasteiger charge is 2.16. The smallest absolute Gasteiger partial charge is 0.125 e. The maximum absolute atomic E-state index is 6.05. The van der Waals surface area contributed by atoms with Crippen molar-refractivity contribution in [2.45, 2.75) is 32.7 Å². The first-order valence-electron chi connectivity index (χ1n) is 6.95. The van der Waals surface area contributed by atoms with Gasteiger partial charge in [-0.25, -0.2) is 4.98 Å². The number of para-hydroxylation sites is 2. The van der Waals surface area contributed by atoms with E-state index in [0.29, 0.717) is 11.9 Å². The number of halogens is 1. The molecule has 0 aliphatic carbocycles. The summed E-state index contributed by atoms with van der Waals surface area (Å²) in [4.78, 5) is 7.05. The van der Waals surface area contributed by atoms with Gasteiger partial charge in [0.05, 0.1) is 16.9 Å². The van der Waals surface area contributed by atoms with Crippen LogP contribution in [0.15, 0.2) is 24.3 Å². The highest BCUT2D eigenvalue weighted by atomic mass is 35.5. The van der Waals surface area contributed by atoms with Gasteiger partial charge in [0.15, 0.2) is 0 Å². The average molecular weight is 280 g/mol. The van der Waals surface area contributed by atoms with Gasteiger partial charge in [-0.2, -0.15) is 0 Å². The largest absolute Gasteiger partial charge is 0.323 e. The predicted octanol–water partition coefficient (Wildman–Crippen LogP) is 3.68. The van der Waals surface area contributed by atoms with Crippen LogP contribution in [0.3, 0.4) is 0 Å². The second-order valence-electron chi connectivity index (χ2n) is 4.86. The first-order chi connectivity index (χ1) is 9.21. The van der Waals surface area contributed by atoms with Crippen molar-refractivity contribution >= 4 is 22.6 Å². The highest BCUT2D eigenvalue weighted by Crippen LogP contribution is 2.22. The molecule has 0 spiro atoms. The standard InChI is InChI=1S/C15H22ClN3/c1-4-18(5-2)11-12(3)19-14-9-7-6-8-13(14)17-15(19)10-16/h6-9,12H,4-5,10-11H2,1-3H3. The molecule has 0 bridgehead atoms. The van der Waals surface area contributed by atoms with Crippen LogP contribution in [0.25, 0.3) is 11.0 Å². The van der Waals surface area contributed by atoms with Gasteiger partial charge in [0.2, 0.25) is 0 Å². The molecule has 1 atom stereocenters.